The molecule has 10 rings (SSSR count). The van der Waals surface area contributed by atoms with Gasteiger partial charge in [0.1, 0.15) is 11.4 Å². The van der Waals surface area contributed by atoms with Crippen LogP contribution in [-0.2, 0) is 0 Å². The van der Waals surface area contributed by atoms with Crippen LogP contribution in [-0.4, -0.2) is 4.57 Å². The standard InChI is InChI=1S/C48H31FN2O/c49-42-29-30-45(51-43-17-9-7-15-39(43)40-16-8-10-18-44(40)51)48-47(42)41-28-27-38(31-46(41)52-48)50(36-23-19-34(20-24-36)32-11-3-1-4-12-32)37-25-21-35(22-26-37)33-13-5-2-6-14-33/h1-31H. The summed E-state index contributed by atoms with van der Waals surface area (Å²) in [4.78, 5) is 2.22. The molecule has 246 valence electrons. The van der Waals surface area contributed by atoms with Gasteiger partial charge in [0.15, 0.2) is 5.58 Å². The molecule has 0 fully saturated rings. The van der Waals surface area contributed by atoms with E-state index < -0.39 is 0 Å². The third kappa shape index (κ3) is 4.88. The van der Waals surface area contributed by atoms with Crippen molar-refractivity contribution in [3.63, 3.8) is 0 Å². The van der Waals surface area contributed by atoms with E-state index in [9.17, 15) is 0 Å². The molecule has 10 aromatic rings. The number of fused-ring (bicyclic) bond motifs is 6. The first-order valence-corrected chi connectivity index (χ1v) is 17.5. The van der Waals surface area contributed by atoms with E-state index in [2.05, 4.69) is 149 Å². The lowest BCUT2D eigenvalue weighted by Gasteiger charge is -2.26. The molecule has 0 radical (unpaired) electrons. The van der Waals surface area contributed by atoms with E-state index in [0.717, 1.165) is 72.2 Å². The first-order chi connectivity index (χ1) is 25.7. The van der Waals surface area contributed by atoms with E-state index in [-0.39, 0.29) is 5.82 Å². The maximum absolute atomic E-state index is 15.9. The molecular weight excluding hydrogens is 640 g/mol. The van der Waals surface area contributed by atoms with Gasteiger partial charge in [0, 0.05) is 39.3 Å². The van der Waals surface area contributed by atoms with Crippen molar-refractivity contribution in [1.82, 2.24) is 4.57 Å². The van der Waals surface area contributed by atoms with Gasteiger partial charge in [-0.3, -0.25) is 0 Å². The molecule has 52 heavy (non-hydrogen) atoms. The Hall–Kier alpha value is -6.91. The van der Waals surface area contributed by atoms with Crippen molar-refractivity contribution in [3.05, 3.63) is 194 Å². The number of anilines is 3. The number of hydrogen-bond acceptors (Lipinski definition) is 2. The van der Waals surface area contributed by atoms with E-state index in [0.29, 0.717) is 16.6 Å². The molecule has 0 aliphatic rings. The topological polar surface area (TPSA) is 21.3 Å². The van der Waals surface area contributed by atoms with Crippen LogP contribution in [0.2, 0.25) is 0 Å². The molecule has 4 heteroatoms. The SMILES string of the molecule is Fc1ccc(-n2c3ccccc3c3ccccc32)c2oc3cc(N(c4ccc(-c5ccccc5)cc4)c4ccc(-c5ccccc5)cc4)ccc3c12. The number of furan rings is 1. The molecule has 0 amide bonds. The highest BCUT2D eigenvalue weighted by atomic mass is 19.1. The van der Waals surface area contributed by atoms with E-state index in [1.165, 1.54) is 0 Å². The van der Waals surface area contributed by atoms with Gasteiger partial charge in [-0.05, 0) is 82.9 Å². The van der Waals surface area contributed by atoms with Crippen LogP contribution in [0.5, 0.6) is 0 Å². The summed E-state index contributed by atoms with van der Waals surface area (Å²) in [5.74, 6) is -0.309. The molecule has 0 bridgehead atoms. The predicted molar refractivity (Wildman–Crippen MR) is 214 cm³/mol. The lowest BCUT2D eigenvalue weighted by Crippen LogP contribution is -2.09. The highest BCUT2D eigenvalue weighted by Gasteiger charge is 2.21. The van der Waals surface area contributed by atoms with Crippen LogP contribution in [0.1, 0.15) is 0 Å². The van der Waals surface area contributed by atoms with Crippen LogP contribution in [0, 0.1) is 5.82 Å². The molecule has 0 aliphatic carbocycles. The summed E-state index contributed by atoms with van der Waals surface area (Å²) < 4.78 is 24.8. The minimum absolute atomic E-state index is 0.309. The molecule has 0 atom stereocenters. The Kier molecular flexibility index (Phi) is 7.00. The second-order valence-corrected chi connectivity index (χ2v) is 13.1. The van der Waals surface area contributed by atoms with Gasteiger partial charge in [-0.15, -0.1) is 0 Å². The summed E-state index contributed by atoms with van der Waals surface area (Å²) in [5.41, 5.74) is 11.5. The number of rotatable bonds is 6. The number of hydrogen-bond donors (Lipinski definition) is 0. The fourth-order valence-electron chi connectivity index (χ4n) is 7.63. The van der Waals surface area contributed by atoms with Gasteiger partial charge in [-0.1, -0.05) is 121 Å². The third-order valence-electron chi connectivity index (χ3n) is 10.1. The Balaban J connectivity index is 1.14. The molecule has 0 saturated carbocycles. The molecule has 0 saturated heterocycles. The zero-order chi connectivity index (χ0) is 34.6. The monoisotopic (exact) mass is 670 g/mol. The van der Waals surface area contributed by atoms with Crippen molar-refractivity contribution >= 4 is 60.8 Å². The Morgan fingerprint density at radius 2 is 0.904 bits per heavy atom. The molecule has 0 N–H and O–H groups in total. The average Bonchev–Trinajstić information content (AvgIpc) is 3.76. The fourth-order valence-corrected chi connectivity index (χ4v) is 7.63. The first-order valence-electron chi connectivity index (χ1n) is 17.5. The number of benzene rings is 8. The van der Waals surface area contributed by atoms with Crippen molar-refractivity contribution in [1.29, 1.82) is 0 Å². The molecule has 0 unspecified atom stereocenters. The number of aromatic nitrogens is 1. The maximum Gasteiger partial charge on any atom is 0.162 e. The molecular formula is C48H31FN2O. The zero-order valence-corrected chi connectivity index (χ0v) is 28.1. The molecule has 0 aliphatic heterocycles. The van der Waals surface area contributed by atoms with Crippen LogP contribution in [0.3, 0.4) is 0 Å². The summed E-state index contributed by atoms with van der Waals surface area (Å²) in [6.07, 6.45) is 0. The summed E-state index contributed by atoms with van der Waals surface area (Å²) in [7, 11) is 0. The van der Waals surface area contributed by atoms with E-state index in [1.807, 2.05) is 42.5 Å². The quantitative estimate of drug-likeness (QED) is 0.176. The lowest BCUT2D eigenvalue weighted by molar-refractivity contribution is 0.632. The van der Waals surface area contributed by atoms with Crippen LogP contribution in [0.25, 0.3) is 71.7 Å². The second-order valence-electron chi connectivity index (χ2n) is 13.1. The summed E-state index contributed by atoms with van der Waals surface area (Å²) in [6, 6.07) is 64.1. The van der Waals surface area contributed by atoms with Crippen molar-refractivity contribution < 1.29 is 8.81 Å². The van der Waals surface area contributed by atoms with Gasteiger partial charge in [-0.2, -0.15) is 0 Å². The van der Waals surface area contributed by atoms with Crippen LogP contribution in [0.4, 0.5) is 21.5 Å². The highest BCUT2D eigenvalue weighted by molar-refractivity contribution is 6.13. The van der Waals surface area contributed by atoms with E-state index >= 15 is 4.39 Å². The smallest absolute Gasteiger partial charge is 0.162 e. The minimum Gasteiger partial charge on any atom is -0.454 e. The molecule has 2 aromatic heterocycles. The minimum atomic E-state index is -0.309. The average molecular weight is 671 g/mol. The first kappa shape index (κ1) is 30.0. The molecule has 0 spiro atoms. The molecule has 3 nitrogen and oxygen atoms in total. The van der Waals surface area contributed by atoms with Gasteiger partial charge in [0.05, 0.1) is 22.1 Å². The number of para-hydroxylation sites is 2. The van der Waals surface area contributed by atoms with Crippen LogP contribution < -0.4 is 4.90 Å². The van der Waals surface area contributed by atoms with Gasteiger partial charge < -0.3 is 13.9 Å². The molecule has 2 heterocycles. The normalized spacial score (nSPS) is 11.6. The van der Waals surface area contributed by atoms with Gasteiger partial charge in [0.25, 0.3) is 0 Å². The molecule has 8 aromatic carbocycles. The number of halogens is 1. The number of nitrogens with zero attached hydrogens (tertiary/aromatic N) is 2. The maximum atomic E-state index is 15.9. The fraction of sp³-hybridized carbons (Fsp3) is 0. The van der Waals surface area contributed by atoms with Crippen molar-refractivity contribution in [2.75, 3.05) is 4.90 Å². The predicted octanol–water partition coefficient (Wildman–Crippen LogP) is 13.6. The summed E-state index contributed by atoms with van der Waals surface area (Å²) in [5, 5.41) is 3.49. The highest BCUT2D eigenvalue weighted by Crippen LogP contribution is 2.42. The third-order valence-corrected chi connectivity index (χ3v) is 10.1. The van der Waals surface area contributed by atoms with Gasteiger partial charge in [-0.25, -0.2) is 4.39 Å². The van der Waals surface area contributed by atoms with Gasteiger partial charge >= 0.3 is 0 Å². The summed E-state index contributed by atoms with van der Waals surface area (Å²) >= 11 is 0. The summed E-state index contributed by atoms with van der Waals surface area (Å²) in [6.45, 7) is 0. The zero-order valence-electron chi connectivity index (χ0n) is 28.1. The second kappa shape index (κ2) is 12.1. The van der Waals surface area contributed by atoms with Crippen LogP contribution in [0.15, 0.2) is 192 Å². The largest absolute Gasteiger partial charge is 0.454 e. The van der Waals surface area contributed by atoms with E-state index in [4.69, 9.17) is 4.42 Å². The van der Waals surface area contributed by atoms with Crippen molar-refractivity contribution in [2.45, 2.75) is 0 Å². The van der Waals surface area contributed by atoms with Crippen molar-refractivity contribution in [3.8, 4) is 27.9 Å². The van der Waals surface area contributed by atoms with E-state index in [1.54, 1.807) is 6.07 Å². The Labute approximate surface area is 300 Å². The Bertz CT molecular complexity index is 2750. The lowest BCUT2D eigenvalue weighted by atomic mass is 10.0. The van der Waals surface area contributed by atoms with Crippen LogP contribution >= 0.6 is 0 Å². The Morgan fingerprint density at radius 3 is 1.46 bits per heavy atom. The Morgan fingerprint density at radius 1 is 0.423 bits per heavy atom. The van der Waals surface area contributed by atoms with Gasteiger partial charge in [0.2, 0.25) is 0 Å². The van der Waals surface area contributed by atoms with Crippen molar-refractivity contribution in [2.24, 2.45) is 0 Å².